The number of non-ortho nitro benzene ring substituents is 1. The van der Waals surface area contributed by atoms with Gasteiger partial charge in [0.2, 0.25) is 0 Å². The fraction of sp³-hybridized carbons (Fsp3) is 0.182. The normalized spacial score (nSPS) is 10.3. The van der Waals surface area contributed by atoms with Crippen LogP contribution in [0, 0.1) is 15.9 Å². The van der Waals surface area contributed by atoms with Crippen molar-refractivity contribution in [1.29, 1.82) is 0 Å². The summed E-state index contributed by atoms with van der Waals surface area (Å²) >= 11 is 0. The zero-order chi connectivity index (χ0) is 13.1. The zero-order valence-electron chi connectivity index (χ0n) is 9.63. The Hall–Kier alpha value is -2.44. The molecule has 0 spiro atoms. The average Bonchev–Trinajstić information content (AvgIpc) is 2.71. The first-order valence-electron chi connectivity index (χ1n) is 5.21. The highest BCUT2D eigenvalue weighted by atomic mass is 19.1. The van der Waals surface area contributed by atoms with Crippen molar-refractivity contribution in [3.63, 3.8) is 0 Å². The Bertz CT molecular complexity index is 582. The standard InChI is InChI=1S/C11H11FN4O2/c1-15-3-2-13-11(15)7-14-9-4-8(12)5-10(6-9)16(17)18/h2-6,14H,7H2,1H3. The number of aryl methyl sites for hydroxylation is 1. The van der Waals surface area contributed by atoms with E-state index in [0.29, 0.717) is 12.2 Å². The average molecular weight is 250 g/mol. The third kappa shape index (κ3) is 2.62. The molecule has 1 N–H and O–H groups in total. The molecular weight excluding hydrogens is 239 g/mol. The van der Waals surface area contributed by atoms with Crippen molar-refractivity contribution >= 4 is 11.4 Å². The second kappa shape index (κ2) is 4.82. The largest absolute Gasteiger partial charge is 0.378 e. The van der Waals surface area contributed by atoms with Crippen molar-refractivity contribution in [3.8, 4) is 0 Å². The molecule has 0 bridgehead atoms. The van der Waals surface area contributed by atoms with Gasteiger partial charge in [0.25, 0.3) is 5.69 Å². The molecule has 0 unspecified atom stereocenters. The van der Waals surface area contributed by atoms with Crippen molar-refractivity contribution in [2.45, 2.75) is 6.54 Å². The van der Waals surface area contributed by atoms with Gasteiger partial charge >= 0.3 is 0 Å². The van der Waals surface area contributed by atoms with Gasteiger partial charge in [-0.1, -0.05) is 0 Å². The van der Waals surface area contributed by atoms with E-state index < -0.39 is 10.7 Å². The van der Waals surface area contributed by atoms with Gasteiger partial charge in [0.1, 0.15) is 11.6 Å². The van der Waals surface area contributed by atoms with Crippen LogP contribution in [0.4, 0.5) is 15.8 Å². The van der Waals surface area contributed by atoms with Gasteiger partial charge in [0.05, 0.1) is 17.5 Å². The molecule has 1 aromatic heterocycles. The highest BCUT2D eigenvalue weighted by Crippen LogP contribution is 2.20. The van der Waals surface area contributed by atoms with E-state index >= 15 is 0 Å². The van der Waals surface area contributed by atoms with E-state index in [0.717, 1.165) is 11.9 Å². The van der Waals surface area contributed by atoms with Gasteiger partial charge in [0.15, 0.2) is 0 Å². The van der Waals surface area contributed by atoms with Crippen LogP contribution in [0.1, 0.15) is 5.82 Å². The third-order valence-corrected chi connectivity index (χ3v) is 2.46. The predicted molar refractivity (Wildman–Crippen MR) is 63.6 cm³/mol. The molecule has 18 heavy (non-hydrogen) atoms. The number of halogens is 1. The Morgan fingerprint density at radius 1 is 1.50 bits per heavy atom. The number of rotatable bonds is 4. The summed E-state index contributed by atoms with van der Waals surface area (Å²) in [6.45, 7) is 0.365. The molecule has 1 heterocycles. The van der Waals surface area contributed by atoms with Crippen molar-refractivity contribution in [2.75, 3.05) is 5.32 Å². The number of hydrogen-bond acceptors (Lipinski definition) is 4. The molecule has 0 radical (unpaired) electrons. The molecule has 1 aromatic carbocycles. The first-order valence-corrected chi connectivity index (χ1v) is 5.21. The van der Waals surface area contributed by atoms with E-state index in [1.54, 1.807) is 17.0 Å². The quantitative estimate of drug-likeness (QED) is 0.666. The Morgan fingerprint density at radius 3 is 2.89 bits per heavy atom. The summed E-state index contributed by atoms with van der Waals surface area (Å²) in [5.41, 5.74) is 0.0713. The maximum Gasteiger partial charge on any atom is 0.274 e. The fourth-order valence-corrected chi connectivity index (χ4v) is 1.53. The minimum atomic E-state index is -0.647. The Kier molecular flexibility index (Phi) is 3.22. The number of nitro groups is 1. The summed E-state index contributed by atoms with van der Waals surface area (Å²) in [5, 5.41) is 13.5. The van der Waals surface area contributed by atoms with E-state index in [9.17, 15) is 14.5 Å². The summed E-state index contributed by atoms with van der Waals surface area (Å²) in [5.74, 6) is 0.105. The number of nitro benzene ring substituents is 1. The molecule has 0 saturated carbocycles. The van der Waals surface area contributed by atoms with Crippen molar-refractivity contribution in [3.05, 3.63) is 52.3 Å². The molecule has 7 heteroatoms. The van der Waals surface area contributed by atoms with E-state index in [-0.39, 0.29) is 5.69 Å². The molecule has 2 rings (SSSR count). The van der Waals surface area contributed by atoms with Crippen LogP contribution in [0.3, 0.4) is 0 Å². The second-order valence-corrected chi connectivity index (χ2v) is 3.76. The van der Waals surface area contributed by atoms with E-state index in [2.05, 4.69) is 10.3 Å². The molecule has 0 saturated heterocycles. The van der Waals surface area contributed by atoms with Crippen molar-refractivity contribution in [1.82, 2.24) is 9.55 Å². The molecule has 6 nitrogen and oxygen atoms in total. The first kappa shape index (κ1) is 12.0. The highest BCUT2D eigenvalue weighted by Gasteiger charge is 2.10. The van der Waals surface area contributed by atoms with Crippen LogP contribution in [0.15, 0.2) is 30.6 Å². The SMILES string of the molecule is Cn1ccnc1CNc1cc(F)cc([N+](=O)[O-])c1. The smallest absolute Gasteiger partial charge is 0.274 e. The minimum Gasteiger partial charge on any atom is -0.378 e. The van der Waals surface area contributed by atoms with Crippen LogP contribution in [-0.4, -0.2) is 14.5 Å². The van der Waals surface area contributed by atoms with Gasteiger partial charge in [-0.25, -0.2) is 9.37 Å². The number of nitrogens with zero attached hydrogens (tertiary/aromatic N) is 3. The molecule has 94 valence electrons. The van der Waals surface area contributed by atoms with Gasteiger partial charge in [-0.2, -0.15) is 0 Å². The van der Waals surface area contributed by atoms with Gasteiger partial charge in [0, 0.05) is 31.2 Å². The Labute approximate surface area is 102 Å². The van der Waals surface area contributed by atoms with Crippen LogP contribution < -0.4 is 5.32 Å². The fourth-order valence-electron chi connectivity index (χ4n) is 1.53. The van der Waals surface area contributed by atoms with E-state index in [1.807, 2.05) is 7.05 Å². The number of nitrogens with one attached hydrogen (secondary N) is 1. The molecule has 0 aliphatic rings. The Morgan fingerprint density at radius 2 is 2.28 bits per heavy atom. The number of hydrogen-bond donors (Lipinski definition) is 1. The number of imidazole rings is 1. The van der Waals surface area contributed by atoms with Crippen LogP contribution in [0.25, 0.3) is 0 Å². The Balaban J connectivity index is 2.14. The molecular formula is C11H11FN4O2. The maximum absolute atomic E-state index is 13.2. The molecule has 0 atom stereocenters. The maximum atomic E-state index is 13.2. The lowest BCUT2D eigenvalue weighted by Gasteiger charge is -2.06. The van der Waals surface area contributed by atoms with E-state index in [1.165, 1.54) is 12.1 Å². The molecule has 0 aliphatic carbocycles. The molecule has 0 aliphatic heterocycles. The van der Waals surface area contributed by atoms with Crippen LogP contribution in [-0.2, 0) is 13.6 Å². The highest BCUT2D eigenvalue weighted by molar-refractivity contribution is 5.51. The summed E-state index contributed by atoms with van der Waals surface area (Å²) in [4.78, 5) is 14.0. The number of anilines is 1. The number of benzene rings is 1. The monoisotopic (exact) mass is 250 g/mol. The third-order valence-electron chi connectivity index (χ3n) is 2.46. The summed E-state index contributed by atoms with van der Waals surface area (Å²) in [6.07, 6.45) is 3.43. The topological polar surface area (TPSA) is 73.0 Å². The molecule has 2 aromatic rings. The summed E-state index contributed by atoms with van der Waals surface area (Å²) in [6, 6.07) is 3.37. The zero-order valence-corrected chi connectivity index (χ0v) is 9.63. The van der Waals surface area contributed by atoms with E-state index in [4.69, 9.17) is 0 Å². The second-order valence-electron chi connectivity index (χ2n) is 3.76. The lowest BCUT2D eigenvalue weighted by atomic mass is 10.2. The summed E-state index contributed by atoms with van der Waals surface area (Å²) in [7, 11) is 1.83. The number of aromatic nitrogens is 2. The molecule has 0 fully saturated rings. The van der Waals surface area contributed by atoms with Crippen LogP contribution in [0.2, 0.25) is 0 Å². The van der Waals surface area contributed by atoms with Gasteiger partial charge in [-0.05, 0) is 6.07 Å². The first-order chi connectivity index (χ1) is 8.56. The van der Waals surface area contributed by atoms with Gasteiger partial charge in [-0.15, -0.1) is 0 Å². The summed E-state index contributed by atoms with van der Waals surface area (Å²) < 4.78 is 15.0. The van der Waals surface area contributed by atoms with Crippen LogP contribution >= 0.6 is 0 Å². The lowest BCUT2D eigenvalue weighted by molar-refractivity contribution is -0.385. The van der Waals surface area contributed by atoms with Crippen molar-refractivity contribution in [2.24, 2.45) is 7.05 Å². The molecule has 0 amide bonds. The minimum absolute atomic E-state index is 0.280. The van der Waals surface area contributed by atoms with Gasteiger partial charge < -0.3 is 9.88 Å². The lowest BCUT2D eigenvalue weighted by Crippen LogP contribution is -2.06. The predicted octanol–water partition coefficient (Wildman–Crippen LogP) is 2.08. The van der Waals surface area contributed by atoms with Crippen LogP contribution in [0.5, 0.6) is 0 Å². The van der Waals surface area contributed by atoms with Gasteiger partial charge in [-0.3, -0.25) is 10.1 Å². The van der Waals surface area contributed by atoms with Crippen molar-refractivity contribution < 1.29 is 9.31 Å².